The van der Waals surface area contributed by atoms with E-state index >= 15 is 0 Å². The molecule has 0 amide bonds. The van der Waals surface area contributed by atoms with Crippen molar-refractivity contribution in [2.75, 3.05) is 0 Å². The minimum absolute atomic E-state index is 0.445. The fourth-order valence-corrected chi connectivity index (χ4v) is 3.48. The summed E-state index contributed by atoms with van der Waals surface area (Å²) in [5.74, 6) is 0.678. The standard InChI is InChI=1S/C17H12N4OS/c1-10-5-6-12(11(2)8-10)15-13(9-18)21-17(19-15)23-16(20-21)14-4-3-7-22-14/h3-8H,1-2H3. The maximum absolute atomic E-state index is 9.58. The summed E-state index contributed by atoms with van der Waals surface area (Å²) in [7, 11) is 0. The highest BCUT2D eigenvalue weighted by molar-refractivity contribution is 7.19. The van der Waals surface area contributed by atoms with Gasteiger partial charge in [-0.25, -0.2) is 4.98 Å². The van der Waals surface area contributed by atoms with Crippen LogP contribution in [0.1, 0.15) is 16.8 Å². The Morgan fingerprint density at radius 3 is 2.83 bits per heavy atom. The lowest BCUT2D eigenvalue weighted by atomic mass is 10.0. The van der Waals surface area contributed by atoms with E-state index in [1.165, 1.54) is 16.9 Å². The van der Waals surface area contributed by atoms with Crippen molar-refractivity contribution in [2.45, 2.75) is 13.8 Å². The molecule has 0 N–H and O–H groups in total. The number of fused-ring (bicyclic) bond motifs is 1. The summed E-state index contributed by atoms with van der Waals surface area (Å²) in [6.45, 7) is 4.07. The second-order valence-electron chi connectivity index (χ2n) is 5.32. The SMILES string of the molecule is Cc1ccc(-c2nc3sc(-c4ccco4)nn3c2C#N)c(C)c1. The van der Waals surface area contributed by atoms with Gasteiger partial charge in [0.25, 0.3) is 0 Å². The third-order valence-corrected chi connectivity index (χ3v) is 4.60. The second kappa shape index (κ2) is 5.07. The maximum atomic E-state index is 9.58. The first-order valence-electron chi connectivity index (χ1n) is 7.08. The molecule has 112 valence electrons. The van der Waals surface area contributed by atoms with E-state index in [4.69, 9.17) is 4.42 Å². The lowest BCUT2D eigenvalue weighted by Gasteiger charge is -2.04. The van der Waals surface area contributed by atoms with Crippen LogP contribution in [0.5, 0.6) is 0 Å². The van der Waals surface area contributed by atoms with Gasteiger partial charge in [0.15, 0.2) is 16.5 Å². The molecule has 6 heteroatoms. The average molecular weight is 320 g/mol. The number of nitriles is 1. The van der Waals surface area contributed by atoms with Crippen molar-refractivity contribution in [1.29, 1.82) is 5.26 Å². The number of hydrogen-bond donors (Lipinski definition) is 0. The number of benzene rings is 1. The van der Waals surface area contributed by atoms with Gasteiger partial charge in [0, 0.05) is 5.56 Å². The molecule has 0 bridgehead atoms. The van der Waals surface area contributed by atoms with Gasteiger partial charge in [0.1, 0.15) is 11.8 Å². The van der Waals surface area contributed by atoms with E-state index in [0.717, 1.165) is 11.1 Å². The van der Waals surface area contributed by atoms with Gasteiger partial charge in [0.05, 0.1) is 6.26 Å². The minimum Gasteiger partial charge on any atom is -0.462 e. The van der Waals surface area contributed by atoms with Crippen LogP contribution in [0.25, 0.3) is 27.0 Å². The lowest BCUT2D eigenvalue weighted by Crippen LogP contribution is -1.92. The Morgan fingerprint density at radius 1 is 1.26 bits per heavy atom. The molecule has 0 radical (unpaired) electrons. The molecule has 4 rings (SSSR count). The van der Waals surface area contributed by atoms with Crippen molar-refractivity contribution in [1.82, 2.24) is 14.6 Å². The molecule has 3 aromatic heterocycles. The number of aromatic nitrogens is 3. The summed E-state index contributed by atoms with van der Waals surface area (Å²) in [5, 5.41) is 14.8. The fraction of sp³-hybridized carbons (Fsp3) is 0.118. The maximum Gasteiger partial charge on any atom is 0.214 e. The Balaban J connectivity index is 1.92. The van der Waals surface area contributed by atoms with Gasteiger partial charge in [0.2, 0.25) is 4.96 Å². The molecular formula is C17H12N4OS. The van der Waals surface area contributed by atoms with Crippen molar-refractivity contribution in [3.8, 4) is 28.1 Å². The van der Waals surface area contributed by atoms with E-state index in [-0.39, 0.29) is 0 Å². The number of nitrogens with zero attached hydrogens (tertiary/aromatic N) is 4. The van der Waals surface area contributed by atoms with Crippen molar-refractivity contribution < 1.29 is 4.42 Å². The molecule has 0 atom stereocenters. The Hall–Kier alpha value is -2.91. The third-order valence-electron chi connectivity index (χ3n) is 3.68. The molecule has 0 aliphatic rings. The molecule has 4 aromatic rings. The zero-order chi connectivity index (χ0) is 16.0. The predicted molar refractivity (Wildman–Crippen MR) is 88.2 cm³/mol. The highest BCUT2D eigenvalue weighted by Gasteiger charge is 2.20. The molecule has 1 aromatic carbocycles. The van der Waals surface area contributed by atoms with Gasteiger partial charge in [-0.15, -0.1) is 5.10 Å². The van der Waals surface area contributed by atoms with Crippen LogP contribution in [0.15, 0.2) is 41.0 Å². The van der Waals surface area contributed by atoms with E-state index in [1.54, 1.807) is 10.8 Å². The number of rotatable bonds is 2. The number of furan rings is 1. The smallest absolute Gasteiger partial charge is 0.214 e. The van der Waals surface area contributed by atoms with Crippen molar-refractivity contribution in [3.63, 3.8) is 0 Å². The molecule has 23 heavy (non-hydrogen) atoms. The average Bonchev–Trinajstić information content (AvgIpc) is 3.22. The van der Waals surface area contributed by atoms with E-state index in [1.807, 2.05) is 38.1 Å². The van der Waals surface area contributed by atoms with Gasteiger partial charge in [-0.3, -0.25) is 0 Å². The lowest BCUT2D eigenvalue weighted by molar-refractivity contribution is 0.580. The molecule has 0 aliphatic carbocycles. The summed E-state index contributed by atoms with van der Waals surface area (Å²) in [6, 6.07) is 12.0. The Kier molecular flexibility index (Phi) is 3.03. The molecule has 0 aliphatic heterocycles. The summed E-state index contributed by atoms with van der Waals surface area (Å²) in [5.41, 5.74) is 4.36. The molecule has 0 fully saturated rings. The van der Waals surface area contributed by atoms with Gasteiger partial charge in [-0.2, -0.15) is 9.78 Å². The van der Waals surface area contributed by atoms with Crippen LogP contribution in [-0.2, 0) is 0 Å². The summed E-state index contributed by atoms with van der Waals surface area (Å²) in [6.07, 6.45) is 1.60. The zero-order valence-electron chi connectivity index (χ0n) is 12.6. The Labute approximate surface area is 136 Å². The number of aryl methyl sites for hydroxylation is 2. The van der Waals surface area contributed by atoms with Gasteiger partial charge in [-0.1, -0.05) is 35.1 Å². The van der Waals surface area contributed by atoms with Crippen molar-refractivity contribution >= 4 is 16.3 Å². The van der Waals surface area contributed by atoms with Crippen LogP contribution in [0.4, 0.5) is 0 Å². The number of hydrogen-bond acceptors (Lipinski definition) is 5. The van der Waals surface area contributed by atoms with Crippen LogP contribution < -0.4 is 0 Å². The Bertz CT molecular complexity index is 1050. The van der Waals surface area contributed by atoms with Crippen molar-refractivity contribution in [3.05, 3.63) is 53.4 Å². The molecule has 0 saturated heterocycles. The van der Waals surface area contributed by atoms with E-state index in [2.05, 4.69) is 22.2 Å². The molecule has 0 spiro atoms. The highest BCUT2D eigenvalue weighted by Crippen LogP contribution is 2.32. The van der Waals surface area contributed by atoms with Crippen LogP contribution in [-0.4, -0.2) is 14.6 Å². The normalized spacial score (nSPS) is 11.0. The monoisotopic (exact) mass is 320 g/mol. The van der Waals surface area contributed by atoms with Gasteiger partial charge in [-0.05, 0) is 31.5 Å². The first-order valence-corrected chi connectivity index (χ1v) is 7.90. The molecule has 3 heterocycles. The van der Waals surface area contributed by atoms with E-state index in [0.29, 0.717) is 27.1 Å². The van der Waals surface area contributed by atoms with Gasteiger partial charge < -0.3 is 4.42 Å². The van der Waals surface area contributed by atoms with E-state index in [9.17, 15) is 5.26 Å². The topological polar surface area (TPSA) is 67.1 Å². The Morgan fingerprint density at radius 2 is 2.13 bits per heavy atom. The van der Waals surface area contributed by atoms with Crippen LogP contribution in [0.2, 0.25) is 0 Å². The zero-order valence-corrected chi connectivity index (χ0v) is 13.4. The minimum atomic E-state index is 0.445. The quantitative estimate of drug-likeness (QED) is 0.555. The number of imidazole rings is 1. The third kappa shape index (κ3) is 2.14. The summed E-state index contributed by atoms with van der Waals surface area (Å²) >= 11 is 1.40. The fourth-order valence-electron chi connectivity index (χ4n) is 2.62. The second-order valence-corrected chi connectivity index (χ2v) is 6.27. The summed E-state index contributed by atoms with van der Waals surface area (Å²) in [4.78, 5) is 5.31. The highest BCUT2D eigenvalue weighted by atomic mass is 32.1. The largest absolute Gasteiger partial charge is 0.462 e. The van der Waals surface area contributed by atoms with Crippen molar-refractivity contribution in [2.24, 2.45) is 0 Å². The van der Waals surface area contributed by atoms with Crippen LogP contribution in [0, 0.1) is 25.2 Å². The predicted octanol–water partition coefficient (Wildman–Crippen LogP) is 4.21. The first-order chi connectivity index (χ1) is 11.2. The first kappa shape index (κ1) is 13.7. The summed E-state index contributed by atoms with van der Waals surface area (Å²) < 4.78 is 6.96. The van der Waals surface area contributed by atoms with Crippen LogP contribution >= 0.6 is 11.3 Å². The van der Waals surface area contributed by atoms with Crippen LogP contribution in [0.3, 0.4) is 0 Å². The molecular weight excluding hydrogens is 308 g/mol. The van der Waals surface area contributed by atoms with E-state index < -0.39 is 0 Å². The molecule has 5 nitrogen and oxygen atoms in total. The molecule has 0 saturated carbocycles. The van der Waals surface area contributed by atoms with Gasteiger partial charge >= 0.3 is 0 Å². The molecule has 0 unspecified atom stereocenters.